The summed E-state index contributed by atoms with van der Waals surface area (Å²) in [6.45, 7) is 1.88. The second kappa shape index (κ2) is 11.2. The lowest BCUT2D eigenvalue weighted by Gasteiger charge is -2.14. The van der Waals surface area contributed by atoms with Crippen LogP contribution in [0.1, 0.15) is 23.7 Å². The fourth-order valence-corrected chi connectivity index (χ4v) is 3.12. The Hall–Kier alpha value is -1.87. The highest BCUT2D eigenvalue weighted by Gasteiger charge is 2.30. The monoisotopic (exact) mass is 430 g/mol. The molecular formula is C18H28Cl2N6O2. The number of halogens is 2. The summed E-state index contributed by atoms with van der Waals surface area (Å²) in [4.78, 5) is 13.8. The zero-order valence-corrected chi connectivity index (χ0v) is 17.9. The highest BCUT2D eigenvalue weighted by molar-refractivity contribution is 5.85. The first-order valence-corrected chi connectivity index (χ1v) is 8.78. The average Bonchev–Trinajstić information content (AvgIpc) is 3.29. The van der Waals surface area contributed by atoms with Crippen LogP contribution in [0, 0.1) is 0 Å². The van der Waals surface area contributed by atoms with Gasteiger partial charge in [-0.15, -0.1) is 29.9 Å². The van der Waals surface area contributed by atoms with Crippen molar-refractivity contribution in [1.29, 1.82) is 0 Å². The number of rotatable bonds is 7. The van der Waals surface area contributed by atoms with Gasteiger partial charge in [-0.1, -0.05) is 23.4 Å². The van der Waals surface area contributed by atoms with E-state index in [2.05, 4.69) is 31.9 Å². The molecule has 1 aromatic heterocycles. The third-order valence-corrected chi connectivity index (χ3v) is 4.44. The van der Waals surface area contributed by atoms with E-state index in [0.717, 1.165) is 23.6 Å². The number of amides is 1. The van der Waals surface area contributed by atoms with Crippen LogP contribution in [0.4, 0.5) is 0 Å². The number of likely N-dealkylation sites (N-methyl/N-ethyl adjacent to an activating group) is 1. The molecule has 3 rings (SSSR count). The van der Waals surface area contributed by atoms with E-state index in [-0.39, 0.29) is 42.8 Å². The van der Waals surface area contributed by atoms with Crippen molar-refractivity contribution in [1.82, 2.24) is 30.5 Å². The van der Waals surface area contributed by atoms with Gasteiger partial charge in [-0.3, -0.25) is 4.79 Å². The maximum atomic E-state index is 11.7. The SMILES string of the molecule is CNC(=O)[C@@H]1C[C@H](n2cc(COc3ccccc3CN(C)C)nn2)CN1.Cl.Cl. The highest BCUT2D eigenvalue weighted by atomic mass is 35.5. The number of nitrogens with one attached hydrogen (secondary N) is 2. The van der Waals surface area contributed by atoms with E-state index in [0.29, 0.717) is 19.6 Å². The third kappa shape index (κ3) is 6.07. The number of nitrogens with zero attached hydrogens (tertiary/aromatic N) is 4. The summed E-state index contributed by atoms with van der Waals surface area (Å²) in [7, 11) is 5.71. The normalized spacial score (nSPS) is 18.3. The maximum Gasteiger partial charge on any atom is 0.236 e. The molecule has 1 aliphatic heterocycles. The van der Waals surface area contributed by atoms with Crippen LogP contribution in [0.15, 0.2) is 30.5 Å². The van der Waals surface area contributed by atoms with Crippen molar-refractivity contribution in [2.24, 2.45) is 0 Å². The topological polar surface area (TPSA) is 84.3 Å². The summed E-state index contributed by atoms with van der Waals surface area (Å²) >= 11 is 0. The lowest BCUT2D eigenvalue weighted by atomic mass is 10.1. The van der Waals surface area contributed by atoms with Crippen molar-refractivity contribution in [3.05, 3.63) is 41.7 Å². The van der Waals surface area contributed by atoms with Crippen LogP contribution in [0.3, 0.4) is 0 Å². The number of ether oxygens (including phenoxy) is 1. The van der Waals surface area contributed by atoms with Gasteiger partial charge in [-0.05, 0) is 26.6 Å². The molecule has 2 atom stereocenters. The van der Waals surface area contributed by atoms with Crippen molar-refractivity contribution in [3.63, 3.8) is 0 Å². The Morgan fingerprint density at radius 3 is 2.82 bits per heavy atom. The van der Waals surface area contributed by atoms with E-state index in [4.69, 9.17) is 4.74 Å². The standard InChI is InChI=1S/C18H26N6O2.2ClH/c1-19-18(25)16-8-15(9-20-16)24-11-14(21-22-24)12-26-17-7-5-4-6-13(17)10-23(2)3;;/h4-7,11,15-16,20H,8-10,12H2,1-3H3,(H,19,25);2*1H/t15-,16-;;/m0../s1. The fraction of sp³-hybridized carbons (Fsp3) is 0.500. The number of benzene rings is 1. The van der Waals surface area contributed by atoms with Crippen molar-refractivity contribution in [2.45, 2.75) is 31.7 Å². The second-order valence-corrected chi connectivity index (χ2v) is 6.79. The number of carbonyl (C=O) groups excluding carboxylic acids is 1. The minimum atomic E-state index is -0.174. The molecule has 1 aliphatic rings. The molecule has 0 unspecified atom stereocenters. The molecule has 0 radical (unpaired) electrons. The molecule has 156 valence electrons. The maximum absolute atomic E-state index is 11.7. The highest BCUT2D eigenvalue weighted by Crippen LogP contribution is 2.21. The van der Waals surface area contributed by atoms with Crippen LogP contribution >= 0.6 is 24.8 Å². The second-order valence-electron chi connectivity index (χ2n) is 6.79. The van der Waals surface area contributed by atoms with Crippen LogP contribution < -0.4 is 15.4 Å². The fourth-order valence-electron chi connectivity index (χ4n) is 3.12. The molecule has 0 aliphatic carbocycles. The number of aromatic nitrogens is 3. The molecule has 1 amide bonds. The molecule has 28 heavy (non-hydrogen) atoms. The molecule has 10 heteroatoms. The Morgan fingerprint density at radius 1 is 1.36 bits per heavy atom. The molecule has 1 fully saturated rings. The summed E-state index contributed by atoms with van der Waals surface area (Å²) in [6.07, 6.45) is 2.60. The predicted octanol–water partition coefficient (Wildman–Crippen LogP) is 1.41. The van der Waals surface area contributed by atoms with Gasteiger partial charge in [0.25, 0.3) is 0 Å². The number of hydrogen-bond donors (Lipinski definition) is 2. The van der Waals surface area contributed by atoms with E-state index in [1.165, 1.54) is 0 Å². The largest absolute Gasteiger partial charge is 0.487 e. The number of para-hydroxylation sites is 1. The van der Waals surface area contributed by atoms with Gasteiger partial charge < -0.3 is 20.3 Å². The summed E-state index contributed by atoms with van der Waals surface area (Å²) in [5.74, 6) is 0.867. The summed E-state index contributed by atoms with van der Waals surface area (Å²) < 4.78 is 7.77. The van der Waals surface area contributed by atoms with Gasteiger partial charge in [-0.25, -0.2) is 4.68 Å². The average molecular weight is 431 g/mol. The summed E-state index contributed by atoms with van der Waals surface area (Å²) in [5.41, 5.74) is 1.91. The van der Waals surface area contributed by atoms with E-state index >= 15 is 0 Å². The Kier molecular flexibility index (Phi) is 9.68. The van der Waals surface area contributed by atoms with Gasteiger partial charge in [0, 0.05) is 25.7 Å². The lowest BCUT2D eigenvalue weighted by Crippen LogP contribution is -2.38. The Morgan fingerprint density at radius 2 is 2.11 bits per heavy atom. The van der Waals surface area contributed by atoms with E-state index < -0.39 is 0 Å². The van der Waals surface area contributed by atoms with Gasteiger partial charge in [0.1, 0.15) is 18.1 Å². The molecule has 2 heterocycles. The minimum absolute atomic E-state index is 0. The number of carbonyl (C=O) groups is 1. The number of hydrogen-bond acceptors (Lipinski definition) is 6. The van der Waals surface area contributed by atoms with Crippen LogP contribution in [0.2, 0.25) is 0 Å². The van der Waals surface area contributed by atoms with E-state index in [9.17, 15) is 4.79 Å². The Bertz CT molecular complexity index is 755. The van der Waals surface area contributed by atoms with Gasteiger partial charge in [-0.2, -0.15) is 0 Å². The zero-order valence-electron chi connectivity index (χ0n) is 16.3. The van der Waals surface area contributed by atoms with Crippen LogP contribution in [0.5, 0.6) is 5.75 Å². The van der Waals surface area contributed by atoms with Crippen molar-refractivity contribution >= 4 is 30.7 Å². The summed E-state index contributed by atoms with van der Waals surface area (Å²) in [6, 6.07) is 7.96. The molecule has 1 aromatic carbocycles. The zero-order chi connectivity index (χ0) is 18.5. The molecule has 8 nitrogen and oxygen atoms in total. The Balaban J connectivity index is 0.00000196. The van der Waals surface area contributed by atoms with Crippen LogP contribution in [-0.4, -0.2) is 59.5 Å². The van der Waals surface area contributed by atoms with E-state index in [1.54, 1.807) is 7.05 Å². The van der Waals surface area contributed by atoms with Crippen LogP contribution in [0.25, 0.3) is 0 Å². The predicted molar refractivity (Wildman–Crippen MR) is 112 cm³/mol. The minimum Gasteiger partial charge on any atom is -0.487 e. The molecule has 2 aromatic rings. The quantitative estimate of drug-likeness (QED) is 0.690. The molecule has 1 saturated heterocycles. The third-order valence-electron chi connectivity index (χ3n) is 4.44. The first kappa shape index (κ1) is 24.2. The molecule has 0 bridgehead atoms. The van der Waals surface area contributed by atoms with Crippen molar-refractivity contribution in [2.75, 3.05) is 27.7 Å². The molecule has 2 N–H and O–H groups in total. The lowest BCUT2D eigenvalue weighted by molar-refractivity contribution is -0.122. The van der Waals surface area contributed by atoms with Crippen molar-refractivity contribution < 1.29 is 9.53 Å². The molecule has 0 saturated carbocycles. The first-order valence-electron chi connectivity index (χ1n) is 8.78. The van der Waals surface area contributed by atoms with Crippen molar-refractivity contribution in [3.8, 4) is 5.75 Å². The van der Waals surface area contributed by atoms with Gasteiger partial charge in [0.2, 0.25) is 5.91 Å². The summed E-state index contributed by atoms with van der Waals surface area (Å²) in [5, 5.41) is 14.3. The smallest absolute Gasteiger partial charge is 0.236 e. The van der Waals surface area contributed by atoms with Gasteiger partial charge >= 0.3 is 0 Å². The van der Waals surface area contributed by atoms with E-state index in [1.807, 2.05) is 43.2 Å². The molecular weight excluding hydrogens is 403 g/mol. The van der Waals surface area contributed by atoms with Gasteiger partial charge in [0.05, 0.1) is 18.3 Å². The van der Waals surface area contributed by atoms with Crippen LogP contribution in [-0.2, 0) is 17.9 Å². The van der Waals surface area contributed by atoms with Gasteiger partial charge in [0.15, 0.2) is 0 Å². The Labute approximate surface area is 177 Å². The molecule has 0 spiro atoms. The first-order chi connectivity index (χ1) is 12.6.